The van der Waals surface area contributed by atoms with Gasteiger partial charge in [-0.25, -0.2) is 4.79 Å². The summed E-state index contributed by atoms with van der Waals surface area (Å²) in [6.07, 6.45) is 5.89. The molecular formula is C27H25BrN2O3Si. The lowest BCUT2D eigenvalue weighted by atomic mass is 9.87. The molecule has 0 unspecified atom stereocenters. The van der Waals surface area contributed by atoms with E-state index >= 15 is 0 Å². The minimum Gasteiger partial charge on any atom is -0.467 e. The number of nitrogens with one attached hydrogen (secondary N) is 1. The van der Waals surface area contributed by atoms with Gasteiger partial charge in [0.1, 0.15) is 14.1 Å². The second-order valence-corrected chi connectivity index (χ2v) is 15.0. The first kappa shape index (κ1) is 23.9. The number of fused-ring (bicyclic) bond motifs is 3. The highest BCUT2D eigenvalue weighted by atomic mass is 79.9. The minimum atomic E-state index is -1.82. The highest BCUT2D eigenvalue weighted by molar-refractivity contribution is 9.10. The predicted molar refractivity (Wildman–Crippen MR) is 140 cm³/mol. The monoisotopic (exact) mass is 532 g/mol. The molecule has 0 fully saturated rings. The first-order valence-corrected chi connectivity index (χ1v) is 15.2. The molecule has 1 amide bonds. The summed E-state index contributed by atoms with van der Waals surface area (Å²) in [5, 5.41) is 1.00. The second kappa shape index (κ2) is 9.17. The Balaban J connectivity index is 1.97. The molecule has 5 nitrogen and oxygen atoms in total. The van der Waals surface area contributed by atoms with Crippen LogP contribution >= 0.6 is 15.9 Å². The molecule has 0 bridgehead atoms. The van der Waals surface area contributed by atoms with Crippen LogP contribution in [0, 0.1) is 23.8 Å². The van der Waals surface area contributed by atoms with Crippen LogP contribution in [0.2, 0.25) is 19.6 Å². The van der Waals surface area contributed by atoms with Gasteiger partial charge in [-0.2, -0.15) is 0 Å². The van der Waals surface area contributed by atoms with Crippen LogP contribution in [0.4, 0.5) is 0 Å². The van der Waals surface area contributed by atoms with E-state index in [1.807, 2.05) is 42.5 Å². The fourth-order valence-electron chi connectivity index (χ4n) is 4.29. The van der Waals surface area contributed by atoms with Crippen molar-refractivity contribution in [3.8, 4) is 23.8 Å². The molecule has 1 aliphatic rings. The van der Waals surface area contributed by atoms with Crippen molar-refractivity contribution < 1.29 is 14.3 Å². The topological polar surface area (TPSA) is 62.4 Å². The van der Waals surface area contributed by atoms with Gasteiger partial charge in [0.15, 0.2) is 0 Å². The van der Waals surface area contributed by atoms with Crippen LogP contribution in [0.1, 0.15) is 28.4 Å². The second-order valence-electron chi connectivity index (χ2n) is 9.33. The van der Waals surface area contributed by atoms with E-state index in [2.05, 4.69) is 57.9 Å². The summed E-state index contributed by atoms with van der Waals surface area (Å²) in [5.41, 5.74) is 7.51. The molecule has 0 saturated heterocycles. The van der Waals surface area contributed by atoms with E-state index in [4.69, 9.17) is 11.2 Å². The van der Waals surface area contributed by atoms with Crippen molar-refractivity contribution in [1.29, 1.82) is 0 Å². The van der Waals surface area contributed by atoms with Crippen LogP contribution in [0.3, 0.4) is 0 Å². The lowest BCUT2D eigenvalue weighted by Crippen LogP contribution is -2.51. The number of halogens is 1. The summed E-state index contributed by atoms with van der Waals surface area (Å²) in [5.74, 6) is 4.60. The Bertz CT molecular complexity index is 1380. The number of ether oxygens (including phenoxy) is 1. The van der Waals surface area contributed by atoms with E-state index in [0.29, 0.717) is 6.42 Å². The molecule has 4 rings (SSSR count). The van der Waals surface area contributed by atoms with Crippen molar-refractivity contribution in [2.45, 2.75) is 38.1 Å². The first-order chi connectivity index (χ1) is 16.1. The van der Waals surface area contributed by atoms with Gasteiger partial charge >= 0.3 is 5.97 Å². The van der Waals surface area contributed by atoms with Gasteiger partial charge in [-0.1, -0.05) is 53.6 Å². The van der Waals surface area contributed by atoms with Crippen LogP contribution in [0.25, 0.3) is 10.9 Å². The van der Waals surface area contributed by atoms with Gasteiger partial charge in [0.05, 0.1) is 13.2 Å². The normalized spacial score (nSPS) is 17.4. The number of amides is 1. The van der Waals surface area contributed by atoms with Crippen LogP contribution < -0.4 is 0 Å². The van der Waals surface area contributed by atoms with Gasteiger partial charge in [0.25, 0.3) is 5.91 Å². The number of hydrogen-bond donors (Lipinski definition) is 1. The molecule has 2 atom stereocenters. The zero-order chi connectivity index (χ0) is 24.6. The van der Waals surface area contributed by atoms with Gasteiger partial charge in [0.2, 0.25) is 0 Å². The number of aromatic amines is 1. The molecular weight excluding hydrogens is 508 g/mol. The molecule has 34 heavy (non-hydrogen) atoms. The third-order valence-corrected chi connectivity index (χ3v) is 7.20. The van der Waals surface area contributed by atoms with Crippen LogP contribution in [0.15, 0.2) is 46.9 Å². The van der Waals surface area contributed by atoms with Crippen molar-refractivity contribution in [1.82, 2.24) is 9.88 Å². The van der Waals surface area contributed by atoms with Crippen molar-refractivity contribution in [3.63, 3.8) is 0 Å². The Morgan fingerprint density at radius 3 is 2.50 bits per heavy atom. The van der Waals surface area contributed by atoms with E-state index in [1.165, 1.54) is 7.11 Å². The molecule has 0 aliphatic carbocycles. The van der Waals surface area contributed by atoms with Gasteiger partial charge < -0.3 is 14.6 Å². The van der Waals surface area contributed by atoms with Crippen LogP contribution in [-0.2, 0) is 20.7 Å². The number of esters is 1. The average molecular weight is 533 g/mol. The number of methoxy groups -OCH3 is 1. The number of H-pyrrole nitrogens is 1. The maximum Gasteiger partial charge on any atom is 0.328 e. The van der Waals surface area contributed by atoms with Crippen LogP contribution in [-0.4, -0.2) is 43.0 Å². The zero-order valence-corrected chi connectivity index (χ0v) is 22.1. The van der Waals surface area contributed by atoms with Gasteiger partial charge in [-0.05, 0) is 47.4 Å². The van der Waals surface area contributed by atoms with E-state index in [-0.39, 0.29) is 0 Å². The van der Waals surface area contributed by atoms with E-state index in [0.717, 1.165) is 37.8 Å². The maximum absolute atomic E-state index is 13.6. The lowest BCUT2D eigenvalue weighted by Gasteiger charge is -2.40. The van der Waals surface area contributed by atoms with Gasteiger partial charge in [-0.3, -0.25) is 4.79 Å². The fourth-order valence-corrected chi connectivity index (χ4v) is 5.13. The largest absolute Gasteiger partial charge is 0.467 e. The number of carbonyl (C=O) groups is 2. The third-order valence-electron chi connectivity index (χ3n) is 5.83. The molecule has 0 saturated carbocycles. The summed E-state index contributed by atoms with van der Waals surface area (Å²) in [7, 11) is -0.475. The summed E-state index contributed by atoms with van der Waals surface area (Å²) in [4.78, 5) is 31.6. The smallest absolute Gasteiger partial charge is 0.328 e. The fraction of sp³-hybridized carbons (Fsp3) is 0.259. The number of rotatable bonds is 2. The molecule has 0 radical (unpaired) electrons. The SMILES string of the molecule is C#Cc1ccc([C@H]2c3[nH]c4ccc(Br)cc4c3C[C@H](C(=O)OC)N2C(=O)C#C[Si](C)(C)C)cc1. The molecule has 1 aliphatic heterocycles. The number of terminal acetylenes is 1. The molecule has 3 aromatic rings. The molecule has 172 valence electrons. The molecule has 2 aromatic carbocycles. The molecule has 1 N–H and O–H groups in total. The van der Waals surface area contributed by atoms with E-state index < -0.39 is 32.0 Å². The summed E-state index contributed by atoms with van der Waals surface area (Å²) < 4.78 is 6.08. The van der Waals surface area contributed by atoms with Gasteiger partial charge in [-0.15, -0.1) is 12.0 Å². The Labute approximate surface area is 209 Å². The van der Waals surface area contributed by atoms with Crippen LogP contribution in [0.5, 0.6) is 0 Å². The molecule has 0 spiro atoms. The van der Waals surface area contributed by atoms with E-state index in [1.54, 1.807) is 4.90 Å². The zero-order valence-electron chi connectivity index (χ0n) is 19.5. The summed E-state index contributed by atoms with van der Waals surface area (Å²) >= 11 is 3.55. The number of nitrogens with zero attached hydrogens (tertiary/aromatic N) is 1. The number of aromatic nitrogens is 1. The summed E-state index contributed by atoms with van der Waals surface area (Å²) in [6, 6.07) is 12.1. The maximum atomic E-state index is 13.6. The standard InChI is InChI=1S/C27H25BrN2O3Si/c1-6-17-7-9-18(10-8-17)26-25-21(20-15-19(28)11-12-22(20)29-25)16-23(27(32)33-2)30(26)24(31)13-14-34(3,4)5/h1,7-12,15,23,26,29H,16H2,2-5H3/t23-,26+/m1/s1. The Morgan fingerprint density at radius 1 is 1.18 bits per heavy atom. The highest BCUT2D eigenvalue weighted by Crippen LogP contribution is 2.41. The number of carbonyl (C=O) groups excluding carboxylic acids is 2. The molecule has 1 aromatic heterocycles. The third kappa shape index (κ3) is 4.55. The number of hydrogen-bond acceptors (Lipinski definition) is 3. The van der Waals surface area contributed by atoms with Crippen molar-refractivity contribution in [2.75, 3.05) is 7.11 Å². The average Bonchev–Trinajstić information content (AvgIpc) is 3.17. The number of benzene rings is 2. The highest BCUT2D eigenvalue weighted by Gasteiger charge is 2.43. The summed E-state index contributed by atoms with van der Waals surface area (Å²) in [6.45, 7) is 6.22. The van der Waals surface area contributed by atoms with Gasteiger partial charge in [0, 0.05) is 33.1 Å². The molecule has 2 heterocycles. The quantitative estimate of drug-likeness (QED) is 0.292. The van der Waals surface area contributed by atoms with Crippen molar-refractivity contribution in [2.24, 2.45) is 0 Å². The first-order valence-electron chi connectivity index (χ1n) is 10.9. The Hall–Kier alpha value is -3.26. The lowest BCUT2D eigenvalue weighted by molar-refractivity contribution is -0.153. The minimum absolute atomic E-state index is 0.331. The Morgan fingerprint density at radius 2 is 1.88 bits per heavy atom. The Kier molecular flexibility index (Phi) is 6.44. The van der Waals surface area contributed by atoms with E-state index in [9.17, 15) is 9.59 Å². The van der Waals surface area contributed by atoms with Crippen molar-refractivity contribution >= 4 is 46.8 Å². The van der Waals surface area contributed by atoms with Crippen molar-refractivity contribution in [3.05, 3.63) is 69.3 Å². The molecule has 7 heteroatoms. The predicted octanol–water partition coefficient (Wildman–Crippen LogP) is 4.81.